The van der Waals surface area contributed by atoms with Gasteiger partial charge in [0.1, 0.15) is 11.2 Å². The number of fused-ring (bicyclic) bond motifs is 3. The van der Waals surface area contributed by atoms with Crippen molar-refractivity contribution in [3.63, 3.8) is 0 Å². The highest BCUT2D eigenvalue weighted by molar-refractivity contribution is 6.06. The molecular formula is C48H34N2O. The molecule has 9 rings (SSSR count). The molecule has 0 aliphatic carbocycles. The molecule has 0 aliphatic heterocycles. The second kappa shape index (κ2) is 13.2. The zero-order valence-corrected chi connectivity index (χ0v) is 27.9. The Kier molecular flexibility index (Phi) is 7.84. The van der Waals surface area contributed by atoms with E-state index in [1.807, 2.05) is 18.2 Å². The molecule has 0 unspecified atom stereocenters. The molecule has 0 aliphatic rings. The van der Waals surface area contributed by atoms with Crippen LogP contribution in [0.1, 0.15) is 0 Å². The van der Waals surface area contributed by atoms with Crippen LogP contribution in [0, 0.1) is 0 Å². The first-order chi connectivity index (χ1) is 25.2. The van der Waals surface area contributed by atoms with Crippen molar-refractivity contribution in [2.24, 2.45) is 0 Å². The number of nitrogens with one attached hydrogen (secondary N) is 2. The molecule has 0 atom stereocenters. The summed E-state index contributed by atoms with van der Waals surface area (Å²) in [4.78, 5) is 0. The summed E-state index contributed by atoms with van der Waals surface area (Å²) in [6.45, 7) is 0. The van der Waals surface area contributed by atoms with E-state index in [-0.39, 0.29) is 0 Å². The van der Waals surface area contributed by atoms with Crippen LogP contribution in [-0.4, -0.2) is 0 Å². The van der Waals surface area contributed by atoms with Gasteiger partial charge in [-0.15, -0.1) is 0 Å². The fraction of sp³-hybridized carbons (Fsp3) is 0. The third-order valence-electron chi connectivity index (χ3n) is 9.45. The number of para-hydroxylation sites is 2. The molecule has 8 aromatic carbocycles. The maximum Gasteiger partial charge on any atom is 0.135 e. The van der Waals surface area contributed by atoms with E-state index in [4.69, 9.17) is 4.42 Å². The topological polar surface area (TPSA) is 37.2 Å². The standard InChI is InChI=1S/C48H34N2O/c1-4-13-33(14-5-1)41-26-23-37(31-45(41)49-39-18-8-3-9-19-39)38-24-27-42(34-15-6-2-7-16-34)46(32-38)50-40-20-12-17-35(29-40)36-25-28-48-44(30-36)43-21-10-11-22-47(43)51-48/h1-32,49-50H. The summed E-state index contributed by atoms with van der Waals surface area (Å²) in [6.07, 6.45) is 0. The molecule has 0 saturated heterocycles. The quantitative estimate of drug-likeness (QED) is 0.171. The van der Waals surface area contributed by atoms with Crippen molar-refractivity contribution in [3.05, 3.63) is 194 Å². The van der Waals surface area contributed by atoms with E-state index in [0.717, 1.165) is 83.6 Å². The zero-order valence-electron chi connectivity index (χ0n) is 27.9. The highest BCUT2D eigenvalue weighted by Gasteiger charge is 2.13. The minimum Gasteiger partial charge on any atom is -0.456 e. The van der Waals surface area contributed by atoms with Crippen LogP contribution in [0.25, 0.3) is 66.4 Å². The van der Waals surface area contributed by atoms with Gasteiger partial charge in [0, 0.05) is 44.6 Å². The third kappa shape index (κ3) is 6.14. The van der Waals surface area contributed by atoms with Gasteiger partial charge in [0.05, 0.1) is 0 Å². The van der Waals surface area contributed by atoms with Crippen LogP contribution in [-0.2, 0) is 0 Å². The fourth-order valence-corrected chi connectivity index (χ4v) is 6.91. The number of benzene rings is 8. The van der Waals surface area contributed by atoms with Gasteiger partial charge in [-0.2, -0.15) is 0 Å². The van der Waals surface area contributed by atoms with E-state index >= 15 is 0 Å². The molecule has 3 nitrogen and oxygen atoms in total. The van der Waals surface area contributed by atoms with Crippen molar-refractivity contribution >= 4 is 44.7 Å². The second-order valence-corrected chi connectivity index (χ2v) is 12.8. The van der Waals surface area contributed by atoms with Crippen LogP contribution in [0.4, 0.5) is 22.7 Å². The van der Waals surface area contributed by atoms with E-state index in [2.05, 4.69) is 187 Å². The van der Waals surface area contributed by atoms with E-state index in [0.29, 0.717) is 0 Å². The maximum absolute atomic E-state index is 6.10. The third-order valence-corrected chi connectivity index (χ3v) is 9.45. The molecule has 0 saturated carbocycles. The SMILES string of the molecule is c1ccc(Nc2cc(-c3ccc(-c4ccccc4)c(Nc4cccc(-c5ccc6oc7ccccc7c6c5)c4)c3)ccc2-c2ccccc2)cc1. The van der Waals surface area contributed by atoms with Gasteiger partial charge < -0.3 is 15.1 Å². The molecule has 0 amide bonds. The molecule has 1 aromatic heterocycles. The Hall–Kier alpha value is -6.84. The van der Waals surface area contributed by atoms with Crippen molar-refractivity contribution in [1.29, 1.82) is 0 Å². The first kappa shape index (κ1) is 30.2. The fourth-order valence-electron chi connectivity index (χ4n) is 6.91. The first-order valence-electron chi connectivity index (χ1n) is 17.3. The van der Waals surface area contributed by atoms with Crippen molar-refractivity contribution in [3.8, 4) is 44.5 Å². The average molecular weight is 655 g/mol. The summed E-state index contributed by atoms with van der Waals surface area (Å²) >= 11 is 0. The highest BCUT2D eigenvalue weighted by Crippen LogP contribution is 2.39. The zero-order chi connectivity index (χ0) is 34.0. The molecule has 2 N–H and O–H groups in total. The molecule has 3 heteroatoms. The monoisotopic (exact) mass is 654 g/mol. The Morgan fingerprint density at radius 3 is 1.43 bits per heavy atom. The van der Waals surface area contributed by atoms with E-state index in [1.165, 1.54) is 5.56 Å². The minimum atomic E-state index is 0.900. The van der Waals surface area contributed by atoms with Crippen LogP contribution in [0.15, 0.2) is 199 Å². The molecule has 242 valence electrons. The van der Waals surface area contributed by atoms with Crippen LogP contribution >= 0.6 is 0 Å². The van der Waals surface area contributed by atoms with Crippen molar-refractivity contribution < 1.29 is 4.42 Å². The molecule has 0 radical (unpaired) electrons. The molecule has 1 heterocycles. The predicted octanol–water partition coefficient (Wildman–Crippen LogP) is 13.7. The summed E-state index contributed by atoms with van der Waals surface area (Å²) in [7, 11) is 0. The summed E-state index contributed by atoms with van der Waals surface area (Å²) in [6, 6.07) is 68.2. The Bertz CT molecular complexity index is 2630. The molecule has 0 spiro atoms. The van der Waals surface area contributed by atoms with Gasteiger partial charge in [0.25, 0.3) is 0 Å². The normalized spacial score (nSPS) is 11.1. The molecule has 0 bridgehead atoms. The van der Waals surface area contributed by atoms with Gasteiger partial charge >= 0.3 is 0 Å². The first-order valence-corrected chi connectivity index (χ1v) is 17.3. The Balaban J connectivity index is 1.11. The van der Waals surface area contributed by atoms with E-state index in [9.17, 15) is 0 Å². The Labute approximate surface area is 297 Å². The van der Waals surface area contributed by atoms with Gasteiger partial charge in [0.15, 0.2) is 0 Å². The average Bonchev–Trinajstić information content (AvgIpc) is 3.57. The van der Waals surface area contributed by atoms with Crippen molar-refractivity contribution in [1.82, 2.24) is 0 Å². The van der Waals surface area contributed by atoms with Gasteiger partial charge in [-0.1, -0.05) is 140 Å². The Morgan fingerprint density at radius 2 is 0.765 bits per heavy atom. The van der Waals surface area contributed by atoms with Crippen LogP contribution in [0.2, 0.25) is 0 Å². The van der Waals surface area contributed by atoms with Crippen LogP contribution < -0.4 is 10.6 Å². The smallest absolute Gasteiger partial charge is 0.135 e. The summed E-state index contributed by atoms with van der Waals surface area (Å²) in [5.41, 5.74) is 15.1. The van der Waals surface area contributed by atoms with Gasteiger partial charge in [0.2, 0.25) is 0 Å². The largest absolute Gasteiger partial charge is 0.456 e. The number of hydrogen-bond donors (Lipinski definition) is 2. The second-order valence-electron chi connectivity index (χ2n) is 12.8. The highest BCUT2D eigenvalue weighted by atomic mass is 16.3. The van der Waals surface area contributed by atoms with Crippen LogP contribution in [0.3, 0.4) is 0 Å². The number of anilines is 4. The van der Waals surface area contributed by atoms with Crippen molar-refractivity contribution in [2.45, 2.75) is 0 Å². The lowest BCUT2D eigenvalue weighted by molar-refractivity contribution is 0.669. The molecule has 0 fully saturated rings. The van der Waals surface area contributed by atoms with Gasteiger partial charge in [-0.05, 0) is 88.0 Å². The van der Waals surface area contributed by atoms with Gasteiger partial charge in [-0.25, -0.2) is 0 Å². The lowest BCUT2D eigenvalue weighted by Crippen LogP contribution is -1.96. The Morgan fingerprint density at radius 1 is 0.294 bits per heavy atom. The predicted molar refractivity (Wildman–Crippen MR) is 215 cm³/mol. The lowest BCUT2D eigenvalue weighted by Gasteiger charge is -2.17. The van der Waals surface area contributed by atoms with Gasteiger partial charge in [-0.3, -0.25) is 0 Å². The lowest BCUT2D eigenvalue weighted by atomic mass is 9.95. The van der Waals surface area contributed by atoms with Crippen LogP contribution in [0.5, 0.6) is 0 Å². The number of rotatable bonds is 8. The molecule has 51 heavy (non-hydrogen) atoms. The summed E-state index contributed by atoms with van der Waals surface area (Å²) in [5.74, 6) is 0. The van der Waals surface area contributed by atoms with Crippen molar-refractivity contribution in [2.75, 3.05) is 10.6 Å². The maximum atomic E-state index is 6.10. The molecule has 9 aromatic rings. The van der Waals surface area contributed by atoms with E-state index in [1.54, 1.807) is 0 Å². The van der Waals surface area contributed by atoms with E-state index < -0.39 is 0 Å². The number of furan rings is 1. The minimum absolute atomic E-state index is 0.900. The summed E-state index contributed by atoms with van der Waals surface area (Å²) < 4.78 is 6.10. The summed E-state index contributed by atoms with van der Waals surface area (Å²) in [5, 5.41) is 9.76. The molecular weight excluding hydrogens is 621 g/mol. The number of hydrogen-bond acceptors (Lipinski definition) is 3.